The van der Waals surface area contributed by atoms with Gasteiger partial charge in [-0.05, 0) is 66.6 Å². The van der Waals surface area contributed by atoms with E-state index in [1.165, 1.54) is 4.68 Å². The Morgan fingerprint density at radius 2 is 1.77 bits per heavy atom. The number of nitrogens with zero attached hydrogens (tertiary/aromatic N) is 4. The first-order valence-electron chi connectivity index (χ1n) is 14.8. The number of rotatable bonds is 5. The fourth-order valence-electron chi connectivity index (χ4n) is 5.03. The van der Waals surface area contributed by atoms with Gasteiger partial charge < -0.3 is 26.0 Å². The number of aryl methyl sites for hydroxylation is 3. The number of fused-ring (bicyclic) bond motifs is 1. The number of hydrogen-bond donors (Lipinski definition) is 4. The van der Waals surface area contributed by atoms with E-state index in [-0.39, 0.29) is 24.3 Å². The Hall–Kier alpha value is -4.32. The third kappa shape index (κ3) is 9.08. The van der Waals surface area contributed by atoms with Crippen molar-refractivity contribution in [2.75, 3.05) is 19.7 Å². The molecule has 0 fully saturated rings. The molecule has 2 heterocycles. The highest BCUT2D eigenvalue weighted by Crippen LogP contribution is 2.19. The second-order valence-electron chi connectivity index (χ2n) is 11.3. The molecule has 1 aliphatic rings. The molecule has 4 rings (SSSR count). The van der Waals surface area contributed by atoms with E-state index in [0.717, 1.165) is 22.4 Å². The maximum absolute atomic E-state index is 13.7. The first kappa shape index (κ1) is 31.6. The molecule has 4 N–H and O–H groups in total. The van der Waals surface area contributed by atoms with Crippen LogP contribution >= 0.6 is 0 Å². The smallest absolute Gasteiger partial charge is 0.244 e. The molecule has 12 heteroatoms. The van der Waals surface area contributed by atoms with Crippen molar-refractivity contribution in [1.29, 1.82) is 0 Å². The molecule has 1 aromatic heterocycles. The zero-order valence-electron chi connectivity index (χ0n) is 25.3. The monoisotopic (exact) mass is 590 g/mol. The lowest BCUT2D eigenvalue weighted by Gasteiger charge is -2.27. The fraction of sp³-hybridized carbons (Fsp3) is 0.484. The summed E-state index contributed by atoms with van der Waals surface area (Å²) in [7, 11) is 0. The minimum Gasteiger partial charge on any atom is -0.492 e. The molecule has 0 spiro atoms. The molecule has 43 heavy (non-hydrogen) atoms. The number of carbonyl (C=O) groups is 3. The number of nitrogens with one attached hydrogen (secondary N) is 4. The minimum atomic E-state index is -0.955. The average Bonchev–Trinajstić information content (AvgIpc) is 3.38. The first-order chi connectivity index (χ1) is 20.7. The van der Waals surface area contributed by atoms with Gasteiger partial charge in [-0.1, -0.05) is 61.9 Å². The van der Waals surface area contributed by atoms with Crippen LogP contribution in [0.25, 0.3) is 0 Å². The van der Waals surface area contributed by atoms with E-state index in [2.05, 4.69) is 36.8 Å². The highest BCUT2D eigenvalue weighted by Gasteiger charge is 2.31. The number of hydrogen-bond acceptors (Lipinski definition) is 8. The third-order valence-electron chi connectivity index (χ3n) is 7.43. The topological polar surface area (TPSA) is 152 Å². The van der Waals surface area contributed by atoms with E-state index in [1.807, 2.05) is 69.3 Å². The van der Waals surface area contributed by atoms with Crippen LogP contribution < -0.4 is 26.0 Å². The summed E-state index contributed by atoms with van der Waals surface area (Å²) in [5.41, 5.74) is 3.13. The van der Waals surface area contributed by atoms with Crippen molar-refractivity contribution in [2.24, 2.45) is 5.92 Å². The van der Waals surface area contributed by atoms with Gasteiger partial charge in [0.05, 0.1) is 12.6 Å². The zero-order valence-corrected chi connectivity index (χ0v) is 25.3. The summed E-state index contributed by atoms with van der Waals surface area (Å²) in [6.45, 7) is 8.67. The third-order valence-corrected chi connectivity index (χ3v) is 7.43. The summed E-state index contributed by atoms with van der Waals surface area (Å²) >= 11 is 0. The van der Waals surface area contributed by atoms with Gasteiger partial charge in [-0.2, -0.15) is 0 Å². The van der Waals surface area contributed by atoms with E-state index < -0.39 is 24.0 Å². The SMILES string of the molecule is Cc1cccc(C[C@H]2NCCOc3ccccc3CCCNC(=O)[C@H](Cn3nnnc3C)NC(=O)[C@@H](C(C)C)NC2=O)c1. The van der Waals surface area contributed by atoms with Gasteiger partial charge in [-0.3, -0.25) is 14.4 Å². The normalized spacial score (nSPS) is 21.0. The van der Waals surface area contributed by atoms with E-state index in [4.69, 9.17) is 4.74 Å². The largest absolute Gasteiger partial charge is 0.492 e. The summed E-state index contributed by atoms with van der Waals surface area (Å²) < 4.78 is 7.57. The number of carbonyl (C=O) groups excluding carboxylic acids is 3. The molecule has 0 saturated carbocycles. The van der Waals surface area contributed by atoms with E-state index in [0.29, 0.717) is 44.8 Å². The Morgan fingerprint density at radius 1 is 0.953 bits per heavy atom. The lowest BCUT2D eigenvalue weighted by molar-refractivity contribution is -0.133. The number of aromatic nitrogens is 4. The standard InChI is InChI=1S/C31H42N8O4/c1-20(2)28-31(42)34-26(19-39-22(4)36-37-38-39)29(40)33-14-8-12-24-11-5-6-13-27(24)43-16-15-32-25(30(41)35-28)18-23-10-7-9-21(3)17-23/h5-7,9-11,13,17,20,25-26,28,32H,8,12,14-16,18-19H2,1-4H3,(H,33,40)(H,34,42)(H,35,41)/t25-,26+,28-/m1/s1. The molecule has 0 saturated heterocycles. The molecule has 2 aromatic carbocycles. The second kappa shape index (κ2) is 15.2. The van der Waals surface area contributed by atoms with E-state index in [9.17, 15) is 14.4 Å². The van der Waals surface area contributed by atoms with Crippen LogP contribution in [0.15, 0.2) is 48.5 Å². The van der Waals surface area contributed by atoms with Crippen molar-refractivity contribution < 1.29 is 19.1 Å². The maximum Gasteiger partial charge on any atom is 0.244 e. The molecular weight excluding hydrogens is 548 g/mol. The van der Waals surface area contributed by atoms with Crippen LogP contribution in [0.3, 0.4) is 0 Å². The van der Waals surface area contributed by atoms with Gasteiger partial charge in [0, 0.05) is 13.1 Å². The van der Waals surface area contributed by atoms with Crippen LogP contribution in [0.1, 0.15) is 42.8 Å². The Bertz CT molecular complexity index is 1390. The summed E-state index contributed by atoms with van der Waals surface area (Å²) in [5, 5.41) is 23.6. The predicted octanol–water partition coefficient (Wildman–Crippen LogP) is 1.26. The van der Waals surface area contributed by atoms with Crippen molar-refractivity contribution in [3.05, 3.63) is 71.0 Å². The molecule has 3 atom stereocenters. The molecule has 0 unspecified atom stereocenters. The molecular formula is C31H42N8O4. The highest BCUT2D eigenvalue weighted by molar-refractivity contribution is 5.93. The molecule has 1 aliphatic heterocycles. The van der Waals surface area contributed by atoms with Gasteiger partial charge in [-0.25, -0.2) is 4.68 Å². The molecule has 0 bridgehead atoms. The quantitative estimate of drug-likeness (QED) is 0.347. The molecule has 0 radical (unpaired) electrons. The number of amides is 3. The molecule has 3 amide bonds. The lowest BCUT2D eigenvalue weighted by Crippen LogP contribution is -2.59. The van der Waals surface area contributed by atoms with Crippen LogP contribution in [0.5, 0.6) is 5.75 Å². The van der Waals surface area contributed by atoms with Crippen molar-refractivity contribution in [3.8, 4) is 5.75 Å². The van der Waals surface area contributed by atoms with Gasteiger partial charge in [0.1, 0.15) is 30.3 Å². The predicted molar refractivity (Wildman–Crippen MR) is 161 cm³/mol. The number of para-hydroxylation sites is 1. The first-order valence-corrected chi connectivity index (χ1v) is 14.8. The minimum absolute atomic E-state index is 0.0450. The Labute approximate surface area is 252 Å². The van der Waals surface area contributed by atoms with E-state index >= 15 is 0 Å². The van der Waals surface area contributed by atoms with Gasteiger partial charge in [0.2, 0.25) is 17.7 Å². The van der Waals surface area contributed by atoms with Gasteiger partial charge in [0.15, 0.2) is 0 Å². The van der Waals surface area contributed by atoms with Crippen LogP contribution in [-0.2, 0) is 33.8 Å². The van der Waals surface area contributed by atoms with Crippen LogP contribution in [0.2, 0.25) is 0 Å². The highest BCUT2D eigenvalue weighted by atomic mass is 16.5. The summed E-state index contributed by atoms with van der Waals surface area (Å²) in [6, 6.07) is 13.4. The van der Waals surface area contributed by atoms with Crippen molar-refractivity contribution in [3.63, 3.8) is 0 Å². The Kier molecular flexibility index (Phi) is 11.2. The van der Waals surface area contributed by atoms with Crippen LogP contribution in [-0.4, -0.2) is 75.8 Å². The number of ether oxygens (including phenoxy) is 1. The maximum atomic E-state index is 13.7. The molecule has 3 aromatic rings. The van der Waals surface area contributed by atoms with Gasteiger partial charge in [-0.15, -0.1) is 5.10 Å². The molecule has 0 aliphatic carbocycles. The lowest BCUT2D eigenvalue weighted by atomic mass is 10.00. The molecule has 230 valence electrons. The average molecular weight is 591 g/mol. The summed E-state index contributed by atoms with van der Waals surface area (Å²) in [6.07, 6.45) is 1.80. The number of tetrazole rings is 1. The van der Waals surface area contributed by atoms with Gasteiger partial charge >= 0.3 is 0 Å². The second-order valence-corrected chi connectivity index (χ2v) is 11.3. The summed E-state index contributed by atoms with van der Waals surface area (Å²) in [4.78, 5) is 40.6. The van der Waals surface area contributed by atoms with Crippen LogP contribution in [0, 0.1) is 19.8 Å². The molecule has 12 nitrogen and oxygen atoms in total. The van der Waals surface area contributed by atoms with E-state index in [1.54, 1.807) is 6.92 Å². The van der Waals surface area contributed by atoms with Crippen molar-refractivity contribution >= 4 is 17.7 Å². The summed E-state index contributed by atoms with van der Waals surface area (Å²) in [5.74, 6) is -0.0854. The Morgan fingerprint density at radius 3 is 2.51 bits per heavy atom. The van der Waals surface area contributed by atoms with Gasteiger partial charge in [0.25, 0.3) is 0 Å². The van der Waals surface area contributed by atoms with Crippen LogP contribution in [0.4, 0.5) is 0 Å². The fourth-order valence-corrected chi connectivity index (χ4v) is 5.03. The van der Waals surface area contributed by atoms with Crippen molar-refractivity contribution in [1.82, 2.24) is 41.5 Å². The Balaban J connectivity index is 1.60. The van der Waals surface area contributed by atoms with Crippen molar-refractivity contribution in [2.45, 2.75) is 71.6 Å². The zero-order chi connectivity index (χ0) is 30.8. The number of benzene rings is 2.